The lowest BCUT2D eigenvalue weighted by Gasteiger charge is -2.12. The lowest BCUT2D eigenvalue weighted by Crippen LogP contribution is -2.11. The smallest absolute Gasteiger partial charge is 0.343 e. The Labute approximate surface area is 181 Å². The second kappa shape index (κ2) is 9.14. The highest BCUT2D eigenvalue weighted by atomic mass is 16.6. The summed E-state index contributed by atoms with van der Waals surface area (Å²) in [6.07, 6.45) is 1.70. The van der Waals surface area contributed by atoms with Crippen LogP contribution in [-0.2, 0) is 11.2 Å². The molecule has 1 unspecified atom stereocenters. The van der Waals surface area contributed by atoms with Crippen molar-refractivity contribution in [3.63, 3.8) is 0 Å². The fraction of sp³-hybridized carbons (Fsp3) is 0.231. The normalized spacial score (nSPS) is 14.7. The van der Waals surface area contributed by atoms with E-state index in [1.54, 1.807) is 42.5 Å². The van der Waals surface area contributed by atoms with Crippen LogP contribution >= 0.6 is 0 Å². The third-order valence-electron chi connectivity index (χ3n) is 5.16. The molecule has 1 aliphatic heterocycles. The van der Waals surface area contributed by atoms with Gasteiger partial charge in [0.2, 0.25) is 0 Å². The highest BCUT2D eigenvalue weighted by Gasteiger charge is 2.23. The van der Waals surface area contributed by atoms with Gasteiger partial charge in [-0.2, -0.15) is 0 Å². The summed E-state index contributed by atoms with van der Waals surface area (Å²) in [4.78, 5) is 25.0. The molecule has 5 heteroatoms. The average molecular weight is 416 g/mol. The molecule has 3 aromatic carbocycles. The van der Waals surface area contributed by atoms with Crippen LogP contribution in [0.15, 0.2) is 66.7 Å². The highest BCUT2D eigenvalue weighted by molar-refractivity contribution is 5.92. The average Bonchev–Trinajstić information content (AvgIpc) is 3.59. The molecule has 1 atom stereocenters. The summed E-state index contributed by atoms with van der Waals surface area (Å²) >= 11 is 0. The minimum Gasteiger partial charge on any atom is -0.423 e. The molecule has 0 aromatic heterocycles. The van der Waals surface area contributed by atoms with Gasteiger partial charge in [-0.3, -0.25) is 0 Å². The van der Waals surface area contributed by atoms with Crippen LogP contribution in [0.5, 0.6) is 11.5 Å². The molecule has 158 valence electrons. The first-order valence-electron chi connectivity index (χ1n) is 10.3. The van der Waals surface area contributed by atoms with Crippen molar-refractivity contribution in [2.75, 3.05) is 6.61 Å². The number of ether oxygens (including phenoxy) is 3. The van der Waals surface area contributed by atoms with Gasteiger partial charge in [0, 0.05) is 0 Å². The summed E-state index contributed by atoms with van der Waals surface area (Å²) in [5, 5.41) is 0. The second-order valence-electron chi connectivity index (χ2n) is 7.77. The summed E-state index contributed by atoms with van der Waals surface area (Å²) in [6, 6.07) is 19.5. The number of carbonyl (C=O) groups excluding carboxylic acids is 2. The first kappa shape index (κ1) is 20.8. The zero-order valence-corrected chi connectivity index (χ0v) is 17.6. The van der Waals surface area contributed by atoms with Crippen molar-refractivity contribution in [1.29, 1.82) is 0 Å². The summed E-state index contributed by atoms with van der Waals surface area (Å²) in [7, 11) is 0. The first-order valence-corrected chi connectivity index (χ1v) is 10.3. The molecule has 31 heavy (non-hydrogen) atoms. The van der Waals surface area contributed by atoms with Gasteiger partial charge in [0.25, 0.3) is 0 Å². The molecule has 3 aromatic rings. The number of rotatable bonds is 7. The van der Waals surface area contributed by atoms with Gasteiger partial charge >= 0.3 is 11.9 Å². The number of aryl methyl sites for hydroxylation is 3. The van der Waals surface area contributed by atoms with Crippen molar-refractivity contribution in [2.45, 2.75) is 32.8 Å². The Balaban J connectivity index is 1.52. The molecule has 0 saturated carbocycles. The molecule has 0 amide bonds. The van der Waals surface area contributed by atoms with Crippen molar-refractivity contribution in [3.8, 4) is 11.5 Å². The first-order chi connectivity index (χ1) is 15.0. The Morgan fingerprint density at radius 3 is 1.94 bits per heavy atom. The zero-order valence-electron chi connectivity index (χ0n) is 17.6. The van der Waals surface area contributed by atoms with Crippen LogP contribution in [0.1, 0.15) is 43.8 Å². The van der Waals surface area contributed by atoms with Crippen LogP contribution in [0.25, 0.3) is 0 Å². The molecule has 0 aliphatic carbocycles. The standard InChI is InChI=1S/C26H24O5/c1-17-3-7-19(8-4-17)25(27)30-22-13-14-24(21(15-22)11-12-23-16-29-23)31-26(28)20-9-5-18(2)6-10-20/h3-10,13-15,23H,11-12,16H2,1-2H3. The fourth-order valence-corrected chi connectivity index (χ4v) is 3.17. The molecule has 0 spiro atoms. The Morgan fingerprint density at radius 1 is 0.839 bits per heavy atom. The van der Waals surface area contributed by atoms with E-state index in [0.717, 1.165) is 29.7 Å². The number of hydrogen-bond donors (Lipinski definition) is 0. The highest BCUT2D eigenvalue weighted by Crippen LogP contribution is 2.29. The van der Waals surface area contributed by atoms with Crippen molar-refractivity contribution in [1.82, 2.24) is 0 Å². The van der Waals surface area contributed by atoms with E-state index in [1.165, 1.54) is 0 Å². The van der Waals surface area contributed by atoms with E-state index in [4.69, 9.17) is 14.2 Å². The molecule has 1 heterocycles. The van der Waals surface area contributed by atoms with Gasteiger partial charge in [0.1, 0.15) is 11.5 Å². The molecule has 1 fully saturated rings. The Bertz CT molecular complexity index is 1080. The van der Waals surface area contributed by atoms with E-state index in [1.807, 2.05) is 38.1 Å². The Morgan fingerprint density at radius 2 is 1.39 bits per heavy atom. The topological polar surface area (TPSA) is 65.1 Å². The number of hydrogen-bond acceptors (Lipinski definition) is 5. The fourth-order valence-electron chi connectivity index (χ4n) is 3.17. The van der Waals surface area contributed by atoms with Crippen LogP contribution < -0.4 is 9.47 Å². The van der Waals surface area contributed by atoms with Gasteiger partial charge in [0.05, 0.1) is 23.8 Å². The molecule has 0 bridgehead atoms. The maximum atomic E-state index is 12.6. The third kappa shape index (κ3) is 5.58. The summed E-state index contributed by atoms with van der Waals surface area (Å²) in [6.45, 7) is 4.67. The van der Waals surface area contributed by atoms with Crippen LogP contribution in [-0.4, -0.2) is 24.6 Å². The third-order valence-corrected chi connectivity index (χ3v) is 5.16. The van der Waals surface area contributed by atoms with Crippen LogP contribution in [0.2, 0.25) is 0 Å². The van der Waals surface area contributed by atoms with Crippen molar-refractivity contribution in [2.24, 2.45) is 0 Å². The minimum absolute atomic E-state index is 0.236. The molecular weight excluding hydrogens is 392 g/mol. The van der Waals surface area contributed by atoms with Crippen molar-refractivity contribution in [3.05, 3.63) is 94.5 Å². The molecule has 4 rings (SSSR count). The van der Waals surface area contributed by atoms with Gasteiger partial charge in [-0.05, 0) is 74.7 Å². The maximum absolute atomic E-state index is 12.6. The van der Waals surface area contributed by atoms with Crippen LogP contribution in [0, 0.1) is 13.8 Å². The summed E-state index contributed by atoms with van der Waals surface area (Å²) in [5.41, 5.74) is 3.90. The number of esters is 2. The SMILES string of the molecule is Cc1ccc(C(=O)Oc2ccc(OC(=O)c3ccc(C)cc3)c(CCC3CO3)c2)cc1. The quantitative estimate of drug-likeness (QED) is 0.306. The molecule has 1 aliphatic rings. The van der Waals surface area contributed by atoms with E-state index in [2.05, 4.69) is 0 Å². The molecule has 1 saturated heterocycles. The lowest BCUT2D eigenvalue weighted by molar-refractivity contribution is 0.0718. The maximum Gasteiger partial charge on any atom is 0.343 e. The zero-order chi connectivity index (χ0) is 21.8. The number of epoxide rings is 1. The van der Waals surface area contributed by atoms with E-state index < -0.39 is 11.9 Å². The molecule has 5 nitrogen and oxygen atoms in total. The minimum atomic E-state index is -0.430. The Kier molecular flexibility index (Phi) is 6.14. The van der Waals surface area contributed by atoms with Gasteiger partial charge < -0.3 is 14.2 Å². The van der Waals surface area contributed by atoms with E-state index in [9.17, 15) is 9.59 Å². The van der Waals surface area contributed by atoms with E-state index in [-0.39, 0.29) is 6.10 Å². The Hall–Kier alpha value is -3.44. The van der Waals surface area contributed by atoms with E-state index >= 15 is 0 Å². The molecule has 0 N–H and O–H groups in total. The van der Waals surface area contributed by atoms with Gasteiger partial charge in [-0.1, -0.05) is 35.4 Å². The summed E-state index contributed by atoms with van der Waals surface area (Å²) in [5.74, 6) is 0.0167. The predicted octanol–water partition coefficient (Wildman–Crippen LogP) is 5.07. The summed E-state index contributed by atoms with van der Waals surface area (Å²) < 4.78 is 16.5. The lowest BCUT2D eigenvalue weighted by atomic mass is 10.1. The van der Waals surface area contributed by atoms with Gasteiger partial charge in [-0.15, -0.1) is 0 Å². The molecular formula is C26H24O5. The van der Waals surface area contributed by atoms with Crippen molar-refractivity contribution < 1.29 is 23.8 Å². The predicted molar refractivity (Wildman–Crippen MR) is 117 cm³/mol. The molecule has 0 radical (unpaired) electrons. The van der Waals surface area contributed by atoms with Gasteiger partial charge in [-0.25, -0.2) is 9.59 Å². The van der Waals surface area contributed by atoms with Crippen LogP contribution in [0.3, 0.4) is 0 Å². The monoisotopic (exact) mass is 416 g/mol. The number of benzene rings is 3. The van der Waals surface area contributed by atoms with Gasteiger partial charge in [0.15, 0.2) is 0 Å². The van der Waals surface area contributed by atoms with Crippen LogP contribution in [0.4, 0.5) is 0 Å². The number of carbonyl (C=O) groups is 2. The second-order valence-corrected chi connectivity index (χ2v) is 7.77. The van der Waals surface area contributed by atoms with Crippen molar-refractivity contribution >= 4 is 11.9 Å². The largest absolute Gasteiger partial charge is 0.423 e. The van der Waals surface area contributed by atoms with E-state index in [0.29, 0.717) is 29.0 Å².